The predicted octanol–water partition coefficient (Wildman–Crippen LogP) is 3.16. The fourth-order valence-corrected chi connectivity index (χ4v) is 2.31. The number of carboxylic acids is 1. The molecule has 0 aromatic heterocycles. The van der Waals surface area contributed by atoms with Crippen molar-refractivity contribution in [3.05, 3.63) is 41.5 Å². The third-order valence-corrected chi connectivity index (χ3v) is 3.33. The summed E-state index contributed by atoms with van der Waals surface area (Å²) < 4.78 is 0. The Bertz CT molecular complexity index is 464. The third-order valence-electron chi connectivity index (χ3n) is 3.33. The standard InChI is InChI=1S/C16H21NO2/c1-2-10-17(15-7-8-15)12-14-5-3-4-13(11-14)6-9-16(18)19/h3-6,9,11,15H,2,7-8,10,12H2,1H3,(H,18,19)/b9-6+. The largest absolute Gasteiger partial charge is 0.478 e. The number of rotatable bonds is 7. The first-order chi connectivity index (χ1) is 9.19. The van der Waals surface area contributed by atoms with Crippen molar-refractivity contribution in [2.24, 2.45) is 0 Å². The van der Waals surface area contributed by atoms with Gasteiger partial charge in [0.15, 0.2) is 0 Å². The lowest BCUT2D eigenvalue weighted by Crippen LogP contribution is -2.26. The lowest BCUT2D eigenvalue weighted by molar-refractivity contribution is -0.131. The molecule has 1 fully saturated rings. The molecule has 3 heteroatoms. The Hall–Kier alpha value is -1.61. The van der Waals surface area contributed by atoms with E-state index in [0.29, 0.717) is 0 Å². The van der Waals surface area contributed by atoms with E-state index in [1.807, 2.05) is 12.1 Å². The number of aliphatic carboxylic acids is 1. The van der Waals surface area contributed by atoms with Crippen LogP contribution in [0.15, 0.2) is 30.3 Å². The van der Waals surface area contributed by atoms with E-state index in [4.69, 9.17) is 5.11 Å². The molecule has 1 saturated carbocycles. The fraction of sp³-hybridized carbons (Fsp3) is 0.438. The van der Waals surface area contributed by atoms with E-state index in [-0.39, 0.29) is 0 Å². The molecule has 0 spiro atoms. The number of carbonyl (C=O) groups is 1. The maximum Gasteiger partial charge on any atom is 0.328 e. The molecule has 1 aliphatic carbocycles. The van der Waals surface area contributed by atoms with Crippen LogP contribution in [0.3, 0.4) is 0 Å². The van der Waals surface area contributed by atoms with Gasteiger partial charge in [0.1, 0.15) is 0 Å². The maximum atomic E-state index is 10.5. The van der Waals surface area contributed by atoms with E-state index in [9.17, 15) is 4.79 Å². The molecule has 0 bridgehead atoms. The zero-order chi connectivity index (χ0) is 13.7. The highest BCUT2D eigenvalue weighted by Gasteiger charge is 2.28. The Labute approximate surface area is 114 Å². The van der Waals surface area contributed by atoms with Gasteiger partial charge in [0.2, 0.25) is 0 Å². The van der Waals surface area contributed by atoms with Gasteiger partial charge in [-0.05, 0) is 43.0 Å². The summed E-state index contributed by atoms with van der Waals surface area (Å²) in [5.41, 5.74) is 2.21. The van der Waals surface area contributed by atoms with Crippen molar-refractivity contribution in [3.63, 3.8) is 0 Å². The molecule has 0 saturated heterocycles. The zero-order valence-electron chi connectivity index (χ0n) is 11.4. The van der Waals surface area contributed by atoms with E-state index < -0.39 is 5.97 Å². The summed E-state index contributed by atoms with van der Waals surface area (Å²) in [5.74, 6) is -0.906. The summed E-state index contributed by atoms with van der Waals surface area (Å²) in [6.45, 7) is 4.31. The Kier molecular flexibility index (Phi) is 4.74. The SMILES string of the molecule is CCCN(Cc1cccc(/C=C/C(=O)O)c1)C1CC1. The molecule has 0 radical (unpaired) electrons. The number of hydrogen-bond acceptors (Lipinski definition) is 2. The van der Waals surface area contributed by atoms with Crippen molar-refractivity contribution in [1.29, 1.82) is 0 Å². The van der Waals surface area contributed by atoms with Crippen LogP contribution >= 0.6 is 0 Å². The monoisotopic (exact) mass is 259 g/mol. The first-order valence-electron chi connectivity index (χ1n) is 6.93. The summed E-state index contributed by atoms with van der Waals surface area (Å²) >= 11 is 0. The zero-order valence-corrected chi connectivity index (χ0v) is 11.4. The molecule has 1 aliphatic rings. The summed E-state index contributed by atoms with van der Waals surface area (Å²) in [6.07, 6.45) is 6.64. The number of benzene rings is 1. The van der Waals surface area contributed by atoms with Gasteiger partial charge in [-0.1, -0.05) is 31.2 Å². The van der Waals surface area contributed by atoms with Crippen LogP contribution in [0.1, 0.15) is 37.3 Å². The van der Waals surface area contributed by atoms with Crippen LogP contribution in [0, 0.1) is 0 Å². The molecule has 19 heavy (non-hydrogen) atoms. The smallest absolute Gasteiger partial charge is 0.328 e. The molecule has 1 aromatic carbocycles. The van der Waals surface area contributed by atoms with Gasteiger partial charge in [-0.3, -0.25) is 4.90 Å². The van der Waals surface area contributed by atoms with Crippen LogP contribution in [0.2, 0.25) is 0 Å². The first kappa shape index (κ1) is 13.8. The molecule has 0 aliphatic heterocycles. The highest BCUT2D eigenvalue weighted by Crippen LogP contribution is 2.28. The lowest BCUT2D eigenvalue weighted by atomic mass is 10.1. The molecule has 0 unspecified atom stereocenters. The van der Waals surface area contributed by atoms with Crippen LogP contribution in [-0.2, 0) is 11.3 Å². The van der Waals surface area contributed by atoms with Crippen LogP contribution in [0.5, 0.6) is 0 Å². The summed E-state index contributed by atoms with van der Waals surface area (Å²) in [5, 5.41) is 8.65. The highest BCUT2D eigenvalue weighted by molar-refractivity contribution is 5.85. The van der Waals surface area contributed by atoms with Crippen LogP contribution in [-0.4, -0.2) is 28.6 Å². The van der Waals surface area contributed by atoms with Gasteiger partial charge in [0.05, 0.1) is 0 Å². The molecular weight excluding hydrogens is 238 g/mol. The topological polar surface area (TPSA) is 40.5 Å². The molecular formula is C16H21NO2. The Morgan fingerprint density at radius 3 is 2.89 bits per heavy atom. The Morgan fingerprint density at radius 2 is 2.26 bits per heavy atom. The second-order valence-electron chi connectivity index (χ2n) is 5.12. The minimum absolute atomic E-state index is 0.762. The average molecular weight is 259 g/mol. The van der Waals surface area contributed by atoms with Gasteiger partial charge in [0, 0.05) is 18.7 Å². The second kappa shape index (κ2) is 6.53. The lowest BCUT2D eigenvalue weighted by Gasteiger charge is -2.21. The number of nitrogens with zero attached hydrogens (tertiary/aromatic N) is 1. The molecule has 102 valence electrons. The minimum atomic E-state index is -0.906. The van der Waals surface area contributed by atoms with Gasteiger partial charge >= 0.3 is 5.97 Å². The van der Waals surface area contributed by atoms with Gasteiger partial charge in [0.25, 0.3) is 0 Å². The van der Waals surface area contributed by atoms with Crippen molar-refractivity contribution in [1.82, 2.24) is 4.90 Å². The fourth-order valence-electron chi connectivity index (χ4n) is 2.31. The number of carboxylic acid groups (broad SMARTS) is 1. The van der Waals surface area contributed by atoms with Gasteiger partial charge in [-0.15, -0.1) is 0 Å². The summed E-state index contributed by atoms with van der Waals surface area (Å²) in [6, 6.07) is 8.88. The summed E-state index contributed by atoms with van der Waals surface area (Å²) in [4.78, 5) is 13.1. The number of hydrogen-bond donors (Lipinski definition) is 1. The van der Waals surface area contributed by atoms with Crippen LogP contribution in [0.25, 0.3) is 6.08 Å². The van der Waals surface area contributed by atoms with Gasteiger partial charge in [-0.2, -0.15) is 0 Å². The van der Waals surface area contributed by atoms with E-state index in [2.05, 4.69) is 24.0 Å². The van der Waals surface area contributed by atoms with E-state index in [0.717, 1.165) is 24.7 Å². The molecule has 3 nitrogen and oxygen atoms in total. The van der Waals surface area contributed by atoms with E-state index in [1.54, 1.807) is 6.08 Å². The highest BCUT2D eigenvalue weighted by atomic mass is 16.4. The second-order valence-corrected chi connectivity index (χ2v) is 5.12. The molecule has 1 N–H and O–H groups in total. The van der Waals surface area contributed by atoms with Crippen LogP contribution < -0.4 is 0 Å². The normalized spacial score (nSPS) is 15.3. The van der Waals surface area contributed by atoms with Crippen LogP contribution in [0.4, 0.5) is 0 Å². The quantitative estimate of drug-likeness (QED) is 0.765. The third kappa shape index (κ3) is 4.52. The Morgan fingerprint density at radius 1 is 1.47 bits per heavy atom. The van der Waals surface area contributed by atoms with Crippen molar-refractivity contribution >= 4 is 12.0 Å². The van der Waals surface area contributed by atoms with E-state index in [1.165, 1.54) is 30.9 Å². The molecule has 0 atom stereocenters. The van der Waals surface area contributed by atoms with E-state index >= 15 is 0 Å². The van der Waals surface area contributed by atoms with Crippen molar-refractivity contribution in [2.75, 3.05) is 6.54 Å². The van der Waals surface area contributed by atoms with Crippen molar-refractivity contribution < 1.29 is 9.90 Å². The molecule has 0 heterocycles. The molecule has 1 aromatic rings. The first-order valence-corrected chi connectivity index (χ1v) is 6.93. The molecule has 0 amide bonds. The Balaban J connectivity index is 2.03. The minimum Gasteiger partial charge on any atom is -0.478 e. The van der Waals surface area contributed by atoms with Gasteiger partial charge in [-0.25, -0.2) is 4.79 Å². The average Bonchev–Trinajstić information content (AvgIpc) is 3.21. The summed E-state index contributed by atoms with van der Waals surface area (Å²) in [7, 11) is 0. The molecule has 2 rings (SSSR count). The predicted molar refractivity (Wildman–Crippen MR) is 76.8 cm³/mol. The van der Waals surface area contributed by atoms with Crippen molar-refractivity contribution in [2.45, 2.75) is 38.8 Å². The maximum absolute atomic E-state index is 10.5. The van der Waals surface area contributed by atoms with Crippen molar-refractivity contribution in [3.8, 4) is 0 Å². The van der Waals surface area contributed by atoms with Gasteiger partial charge < -0.3 is 5.11 Å².